The number of rotatable bonds is 7. The van der Waals surface area contributed by atoms with Crippen LogP contribution in [0.15, 0.2) is 66.7 Å². The van der Waals surface area contributed by atoms with Crippen LogP contribution in [0.25, 0.3) is 11.3 Å². The molecular formula is C26H24F3N5O5. The molecule has 0 spiro atoms. The van der Waals surface area contributed by atoms with Crippen LogP contribution >= 0.6 is 0 Å². The Bertz CT molecular complexity index is 1400. The minimum absolute atomic E-state index is 0.0817. The van der Waals surface area contributed by atoms with Crippen molar-refractivity contribution in [2.45, 2.75) is 19.1 Å². The monoisotopic (exact) mass is 543 g/mol. The molecule has 10 nitrogen and oxygen atoms in total. The van der Waals surface area contributed by atoms with E-state index in [9.17, 15) is 28.1 Å². The van der Waals surface area contributed by atoms with Crippen molar-refractivity contribution < 1.29 is 32.8 Å². The van der Waals surface area contributed by atoms with Gasteiger partial charge in [-0.05, 0) is 47.9 Å². The molecule has 0 aliphatic carbocycles. The summed E-state index contributed by atoms with van der Waals surface area (Å²) in [4.78, 5) is 32.7. The number of nitrogens with two attached hydrogens (primary N) is 2. The summed E-state index contributed by atoms with van der Waals surface area (Å²) in [7, 11) is 0. The van der Waals surface area contributed by atoms with Gasteiger partial charge in [0.25, 0.3) is 11.6 Å². The number of carboxylic acid groups (broad SMARTS) is 1. The van der Waals surface area contributed by atoms with Crippen molar-refractivity contribution in [1.29, 1.82) is 0 Å². The standard InChI is InChI=1S/C24H23N5O3.C2HF3O2/c25-12-11-15-3-7-18(8-4-15)27-23(17-5-1-16(14-26)2-6-17)22-20-13-19(29(31)32)9-10-21(20)28-24(22)30;3-2(4,5)1(6)7/h1-10,13,27H,11-12,14,25-26H2,(H,28,30);(H,6,7)/b23-22-;. The van der Waals surface area contributed by atoms with E-state index >= 15 is 0 Å². The average molecular weight is 544 g/mol. The lowest BCUT2D eigenvalue weighted by Gasteiger charge is -2.15. The van der Waals surface area contributed by atoms with Crippen molar-refractivity contribution in [2.75, 3.05) is 17.2 Å². The van der Waals surface area contributed by atoms with Crippen molar-refractivity contribution in [1.82, 2.24) is 0 Å². The second kappa shape index (κ2) is 12.2. The number of nitro benzene ring substituents is 1. The number of aliphatic carboxylic acids is 1. The quantitative estimate of drug-likeness (QED) is 0.168. The first-order chi connectivity index (χ1) is 18.4. The van der Waals surface area contributed by atoms with Gasteiger partial charge < -0.3 is 27.2 Å². The lowest BCUT2D eigenvalue weighted by Crippen LogP contribution is -2.21. The molecule has 13 heteroatoms. The minimum atomic E-state index is -5.08. The predicted octanol–water partition coefficient (Wildman–Crippen LogP) is 4.12. The molecule has 0 unspecified atom stereocenters. The SMILES string of the molecule is NCCc1ccc(N/C(=C2\C(=O)Nc3ccc([N+](=O)[O-])cc32)c2ccc(CN)cc2)cc1.O=C(O)C(F)(F)F. The van der Waals surface area contributed by atoms with E-state index in [0.29, 0.717) is 35.6 Å². The van der Waals surface area contributed by atoms with E-state index in [0.717, 1.165) is 28.8 Å². The highest BCUT2D eigenvalue weighted by molar-refractivity contribution is 6.37. The molecule has 39 heavy (non-hydrogen) atoms. The van der Waals surface area contributed by atoms with E-state index in [1.54, 1.807) is 6.07 Å². The van der Waals surface area contributed by atoms with Crippen LogP contribution in [0, 0.1) is 10.1 Å². The Balaban J connectivity index is 0.000000532. The normalized spacial score (nSPS) is 13.5. The molecule has 4 rings (SSSR count). The maximum Gasteiger partial charge on any atom is 0.490 e. The van der Waals surface area contributed by atoms with E-state index in [4.69, 9.17) is 21.4 Å². The van der Waals surface area contributed by atoms with Gasteiger partial charge >= 0.3 is 12.1 Å². The zero-order valence-corrected chi connectivity index (χ0v) is 20.3. The number of halogens is 3. The zero-order valence-electron chi connectivity index (χ0n) is 20.3. The topological polar surface area (TPSA) is 174 Å². The molecule has 0 fully saturated rings. The highest BCUT2D eigenvalue weighted by atomic mass is 19.4. The van der Waals surface area contributed by atoms with Crippen LogP contribution < -0.4 is 22.1 Å². The Morgan fingerprint density at radius 2 is 1.59 bits per heavy atom. The molecule has 0 aromatic heterocycles. The number of anilines is 2. The Morgan fingerprint density at radius 3 is 2.10 bits per heavy atom. The summed E-state index contributed by atoms with van der Waals surface area (Å²) in [6.07, 6.45) is -4.31. The Morgan fingerprint density at radius 1 is 1.00 bits per heavy atom. The number of fused-ring (bicyclic) bond motifs is 1. The number of carboxylic acids is 1. The number of carbonyl (C=O) groups is 2. The van der Waals surface area contributed by atoms with E-state index in [1.165, 1.54) is 12.1 Å². The van der Waals surface area contributed by atoms with Gasteiger partial charge in [0.2, 0.25) is 0 Å². The van der Waals surface area contributed by atoms with Crippen LogP contribution in [-0.2, 0) is 22.6 Å². The van der Waals surface area contributed by atoms with Gasteiger partial charge in [-0.25, -0.2) is 4.79 Å². The smallest absolute Gasteiger partial charge is 0.475 e. The molecule has 3 aromatic rings. The fourth-order valence-corrected chi connectivity index (χ4v) is 3.67. The predicted molar refractivity (Wildman–Crippen MR) is 139 cm³/mol. The Hall–Kier alpha value is -4.75. The molecule has 1 aliphatic heterocycles. The van der Waals surface area contributed by atoms with Crippen LogP contribution in [0.1, 0.15) is 22.3 Å². The van der Waals surface area contributed by atoms with E-state index in [-0.39, 0.29) is 11.6 Å². The molecule has 0 bridgehead atoms. The summed E-state index contributed by atoms with van der Waals surface area (Å²) in [5.41, 5.74) is 16.8. The number of alkyl halides is 3. The number of benzene rings is 3. The van der Waals surface area contributed by atoms with Crippen LogP contribution in [0.2, 0.25) is 0 Å². The maximum absolute atomic E-state index is 13.0. The zero-order chi connectivity index (χ0) is 28.7. The molecule has 1 amide bonds. The van der Waals surface area contributed by atoms with Gasteiger partial charge in [0.15, 0.2) is 0 Å². The number of hydrogen-bond acceptors (Lipinski definition) is 7. The first kappa shape index (κ1) is 28.8. The molecular weight excluding hydrogens is 519 g/mol. The van der Waals surface area contributed by atoms with Crippen molar-refractivity contribution in [3.05, 3.63) is 99.1 Å². The van der Waals surface area contributed by atoms with Gasteiger partial charge in [-0.15, -0.1) is 0 Å². The maximum atomic E-state index is 13.0. The summed E-state index contributed by atoms with van der Waals surface area (Å²) in [6, 6.07) is 19.7. The number of nitrogens with zero attached hydrogens (tertiary/aromatic N) is 1. The van der Waals surface area contributed by atoms with Gasteiger partial charge in [-0.1, -0.05) is 36.4 Å². The molecule has 3 aromatic carbocycles. The van der Waals surface area contributed by atoms with E-state index in [1.807, 2.05) is 48.5 Å². The summed E-state index contributed by atoms with van der Waals surface area (Å²) in [5, 5.41) is 24.6. The van der Waals surface area contributed by atoms with Gasteiger partial charge in [0, 0.05) is 35.6 Å². The van der Waals surface area contributed by atoms with Crippen molar-refractivity contribution in [3.8, 4) is 0 Å². The van der Waals surface area contributed by atoms with Gasteiger partial charge in [-0.3, -0.25) is 14.9 Å². The number of hydrogen-bond donors (Lipinski definition) is 5. The summed E-state index contributed by atoms with van der Waals surface area (Å²) < 4.78 is 31.7. The van der Waals surface area contributed by atoms with E-state index < -0.39 is 17.1 Å². The molecule has 0 radical (unpaired) electrons. The highest BCUT2D eigenvalue weighted by Crippen LogP contribution is 2.39. The van der Waals surface area contributed by atoms with Crippen LogP contribution in [0.3, 0.4) is 0 Å². The third-order valence-electron chi connectivity index (χ3n) is 5.59. The molecule has 204 valence electrons. The van der Waals surface area contributed by atoms with Crippen LogP contribution in [-0.4, -0.2) is 34.6 Å². The van der Waals surface area contributed by atoms with Gasteiger partial charge in [-0.2, -0.15) is 13.2 Å². The van der Waals surface area contributed by atoms with Crippen LogP contribution in [0.5, 0.6) is 0 Å². The molecule has 1 heterocycles. The number of amides is 1. The third-order valence-corrected chi connectivity index (χ3v) is 5.59. The Kier molecular flexibility index (Phi) is 9.01. The summed E-state index contributed by atoms with van der Waals surface area (Å²) in [5.74, 6) is -3.09. The number of non-ortho nitro benzene ring substituents is 1. The fraction of sp³-hybridized carbons (Fsp3) is 0.154. The van der Waals surface area contributed by atoms with E-state index in [2.05, 4.69) is 10.6 Å². The number of carbonyl (C=O) groups excluding carboxylic acids is 1. The average Bonchev–Trinajstić information content (AvgIpc) is 3.23. The summed E-state index contributed by atoms with van der Waals surface area (Å²) in [6.45, 7) is 0.961. The highest BCUT2D eigenvalue weighted by Gasteiger charge is 2.38. The first-order valence-electron chi connectivity index (χ1n) is 11.4. The minimum Gasteiger partial charge on any atom is -0.475 e. The van der Waals surface area contributed by atoms with Crippen molar-refractivity contribution >= 4 is 40.2 Å². The number of nitrogens with one attached hydrogen (secondary N) is 2. The van der Waals surface area contributed by atoms with Crippen molar-refractivity contribution in [2.24, 2.45) is 11.5 Å². The first-order valence-corrected chi connectivity index (χ1v) is 11.4. The number of nitro groups is 1. The largest absolute Gasteiger partial charge is 0.490 e. The molecule has 1 aliphatic rings. The fourth-order valence-electron chi connectivity index (χ4n) is 3.67. The van der Waals surface area contributed by atoms with Crippen LogP contribution in [0.4, 0.5) is 30.2 Å². The lowest BCUT2D eigenvalue weighted by atomic mass is 9.98. The molecule has 0 atom stereocenters. The summed E-state index contributed by atoms with van der Waals surface area (Å²) >= 11 is 0. The third kappa shape index (κ3) is 7.18. The van der Waals surface area contributed by atoms with Gasteiger partial charge in [0.05, 0.1) is 16.2 Å². The Labute approximate surface area is 220 Å². The lowest BCUT2D eigenvalue weighted by molar-refractivity contribution is -0.384. The molecule has 0 saturated heterocycles. The molecule has 7 N–H and O–H groups in total. The van der Waals surface area contributed by atoms with Gasteiger partial charge in [0.1, 0.15) is 0 Å². The molecule has 0 saturated carbocycles. The second-order valence-electron chi connectivity index (χ2n) is 8.26. The second-order valence-corrected chi connectivity index (χ2v) is 8.26. The van der Waals surface area contributed by atoms with Crippen molar-refractivity contribution in [3.63, 3.8) is 0 Å².